The largest absolute Gasteiger partial charge is 0.422 e. The van der Waals surface area contributed by atoms with Crippen molar-refractivity contribution in [2.45, 2.75) is 32.2 Å². The van der Waals surface area contributed by atoms with E-state index in [0.29, 0.717) is 0 Å². The Morgan fingerprint density at radius 3 is 2.32 bits per heavy atom. The third-order valence-corrected chi connectivity index (χ3v) is 3.14. The molecule has 1 saturated heterocycles. The van der Waals surface area contributed by atoms with E-state index < -0.39 is 29.7 Å². The summed E-state index contributed by atoms with van der Waals surface area (Å²) in [6, 6.07) is 9.48. The van der Waals surface area contributed by atoms with Crippen molar-refractivity contribution in [2.24, 2.45) is 5.92 Å². The molecule has 2 rings (SSSR count). The molecular weight excluding hydrogens is 284 g/mol. The van der Waals surface area contributed by atoms with E-state index in [4.69, 9.17) is 14.2 Å². The first-order valence-corrected chi connectivity index (χ1v) is 6.95. The lowest BCUT2D eigenvalue weighted by atomic mass is 10.0. The predicted molar refractivity (Wildman–Crippen MR) is 78.3 cm³/mol. The van der Waals surface area contributed by atoms with Crippen LogP contribution in [0.15, 0.2) is 30.3 Å². The zero-order chi connectivity index (χ0) is 16.2. The summed E-state index contributed by atoms with van der Waals surface area (Å²) >= 11 is 0. The standard InChI is InChI=1S/C17H18O5/c1-17(2)21-15(18)13(16(19)22-17)10-7-11-14(20-3)12-8-5-4-6-9-12/h4-6,8-9,13-14H,10H2,1-3H3. The van der Waals surface area contributed by atoms with Crippen molar-refractivity contribution in [3.8, 4) is 11.8 Å². The van der Waals surface area contributed by atoms with Crippen LogP contribution in [-0.2, 0) is 23.8 Å². The highest BCUT2D eigenvalue weighted by Gasteiger charge is 2.42. The molecule has 0 saturated carbocycles. The highest BCUT2D eigenvalue weighted by molar-refractivity contribution is 5.96. The maximum atomic E-state index is 11.8. The minimum absolute atomic E-state index is 0.0421. The molecule has 1 heterocycles. The maximum absolute atomic E-state index is 11.8. The molecule has 1 fully saturated rings. The van der Waals surface area contributed by atoms with Gasteiger partial charge in [-0.1, -0.05) is 42.2 Å². The summed E-state index contributed by atoms with van der Waals surface area (Å²) in [7, 11) is 1.55. The van der Waals surface area contributed by atoms with Crippen molar-refractivity contribution in [3.05, 3.63) is 35.9 Å². The number of hydrogen-bond acceptors (Lipinski definition) is 5. The molecule has 1 aliphatic rings. The summed E-state index contributed by atoms with van der Waals surface area (Å²) in [5.74, 6) is 2.29. The average molecular weight is 302 g/mol. The fourth-order valence-corrected chi connectivity index (χ4v) is 2.07. The van der Waals surface area contributed by atoms with E-state index in [1.807, 2.05) is 30.3 Å². The van der Waals surface area contributed by atoms with Crippen LogP contribution in [0.5, 0.6) is 0 Å². The molecule has 0 bridgehead atoms. The Morgan fingerprint density at radius 2 is 1.77 bits per heavy atom. The molecule has 0 aromatic heterocycles. The van der Waals surface area contributed by atoms with Crippen molar-refractivity contribution < 1.29 is 23.8 Å². The number of cyclic esters (lactones) is 2. The zero-order valence-electron chi connectivity index (χ0n) is 12.8. The molecule has 0 radical (unpaired) electrons. The SMILES string of the molecule is COC(C#CCC1C(=O)OC(C)(C)OC1=O)c1ccccc1. The molecule has 0 spiro atoms. The smallest absolute Gasteiger partial charge is 0.324 e. The summed E-state index contributed by atoms with van der Waals surface area (Å²) < 4.78 is 15.4. The number of carbonyl (C=O) groups is 2. The van der Waals surface area contributed by atoms with Gasteiger partial charge in [0.25, 0.3) is 5.79 Å². The van der Waals surface area contributed by atoms with Gasteiger partial charge in [-0.25, -0.2) is 0 Å². The Bertz CT molecular complexity index is 589. The van der Waals surface area contributed by atoms with Crippen molar-refractivity contribution in [3.63, 3.8) is 0 Å². The molecule has 5 nitrogen and oxygen atoms in total. The molecule has 22 heavy (non-hydrogen) atoms. The zero-order valence-corrected chi connectivity index (χ0v) is 12.8. The Hall–Kier alpha value is -2.32. The van der Waals surface area contributed by atoms with E-state index in [0.717, 1.165) is 5.56 Å². The second-order valence-corrected chi connectivity index (χ2v) is 5.35. The monoisotopic (exact) mass is 302 g/mol. The van der Waals surface area contributed by atoms with Crippen molar-refractivity contribution in [1.82, 2.24) is 0 Å². The highest BCUT2D eigenvalue weighted by Crippen LogP contribution is 2.24. The van der Waals surface area contributed by atoms with Crippen LogP contribution in [0.2, 0.25) is 0 Å². The van der Waals surface area contributed by atoms with E-state index in [9.17, 15) is 9.59 Å². The van der Waals surface area contributed by atoms with Gasteiger partial charge in [-0.05, 0) is 5.56 Å². The molecule has 0 aliphatic carbocycles. The van der Waals surface area contributed by atoms with E-state index in [1.165, 1.54) is 13.8 Å². The molecule has 1 atom stereocenters. The van der Waals surface area contributed by atoms with E-state index in [-0.39, 0.29) is 6.42 Å². The Kier molecular flexibility index (Phi) is 4.84. The number of benzene rings is 1. The highest BCUT2D eigenvalue weighted by atomic mass is 16.7. The first-order chi connectivity index (χ1) is 10.4. The minimum Gasteiger partial charge on any atom is -0.422 e. The third-order valence-electron chi connectivity index (χ3n) is 3.14. The number of esters is 2. The quantitative estimate of drug-likeness (QED) is 0.487. The van der Waals surface area contributed by atoms with Gasteiger partial charge in [0.1, 0.15) is 6.10 Å². The van der Waals surface area contributed by atoms with Crippen LogP contribution in [0, 0.1) is 17.8 Å². The van der Waals surface area contributed by atoms with Crippen molar-refractivity contribution >= 4 is 11.9 Å². The van der Waals surface area contributed by atoms with Crippen LogP contribution >= 0.6 is 0 Å². The third kappa shape index (κ3) is 3.86. The Balaban J connectivity index is 2.04. The van der Waals surface area contributed by atoms with Crippen LogP contribution < -0.4 is 0 Å². The van der Waals surface area contributed by atoms with E-state index in [2.05, 4.69) is 11.8 Å². The molecule has 5 heteroatoms. The number of methoxy groups -OCH3 is 1. The molecule has 116 valence electrons. The second-order valence-electron chi connectivity index (χ2n) is 5.35. The Morgan fingerprint density at radius 1 is 1.18 bits per heavy atom. The van der Waals surface area contributed by atoms with Gasteiger partial charge in [0.05, 0.1) is 0 Å². The number of carbonyl (C=O) groups excluding carboxylic acids is 2. The van der Waals surface area contributed by atoms with Gasteiger partial charge in [0, 0.05) is 27.4 Å². The van der Waals surface area contributed by atoms with E-state index in [1.54, 1.807) is 7.11 Å². The van der Waals surface area contributed by atoms with Gasteiger partial charge in [-0.3, -0.25) is 9.59 Å². The second kappa shape index (κ2) is 6.63. The lowest BCUT2D eigenvalue weighted by Gasteiger charge is -2.32. The molecule has 1 unspecified atom stereocenters. The van der Waals surface area contributed by atoms with Crippen LogP contribution in [0.4, 0.5) is 0 Å². The van der Waals surface area contributed by atoms with Gasteiger partial charge in [-0.15, -0.1) is 0 Å². The summed E-state index contributed by atoms with van der Waals surface area (Å²) in [6.45, 7) is 3.03. The number of hydrogen-bond donors (Lipinski definition) is 0. The first kappa shape index (κ1) is 16.1. The lowest BCUT2D eigenvalue weighted by molar-refractivity contribution is -0.239. The van der Waals surface area contributed by atoms with Gasteiger partial charge < -0.3 is 14.2 Å². The van der Waals surface area contributed by atoms with Gasteiger partial charge in [-0.2, -0.15) is 0 Å². The molecular formula is C17H18O5. The predicted octanol–water partition coefficient (Wildman–Crippen LogP) is 2.22. The van der Waals surface area contributed by atoms with E-state index >= 15 is 0 Å². The van der Waals surface area contributed by atoms with Crippen LogP contribution in [0.1, 0.15) is 31.9 Å². The van der Waals surface area contributed by atoms with Crippen LogP contribution in [0.3, 0.4) is 0 Å². The van der Waals surface area contributed by atoms with Crippen molar-refractivity contribution in [1.29, 1.82) is 0 Å². The van der Waals surface area contributed by atoms with Gasteiger partial charge in [0.2, 0.25) is 0 Å². The summed E-state index contributed by atoms with van der Waals surface area (Å²) in [6.07, 6.45) is -0.367. The topological polar surface area (TPSA) is 61.8 Å². The fraction of sp³-hybridized carbons (Fsp3) is 0.412. The maximum Gasteiger partial charge on any atom is 0.324 e. The van der Waals surface area contributed by atoms with Crippen LogP contribution in [-0.4, -0.2) is 24.8 Å². The molecule has 0 N–H and O–H groups in total. The number of rotatable bonds is 3. The van der Waals surface area contributed by atoms with Crippen LogP contribution in [0.25, 0.3) is 0 Å². The summed E-state index contributed by atoms with van der Waals surface area (Å²) in [5.41, 5.74) is 0.910. The molecule has 1 aromatic rings. The normalized spacial score (nSPS) is 18.7. The van der Waals surface area contributed by atoms with Gasteiger partial charge >= 0.3 is 11.9 Å². The Labute approximate surface area is 129 Å². The summed E-state index contributed by atoms with van der Waals surface area (Å²) in [5, 5.41) is 0. The summed E-state index contributed by atoms with van der Waals surface area (Å²) in [4.78, 5) is 23.6. The first-order valence-electron chi connectivity index (χ1n) is 6.95. The number of ether oxygens (including phenoxy) is 3. The molecule has 1 aromatic carbocycles. The van der Waals surface area contributed by atoms with Gasteiger partial charge in [0.15, 0.2) is 5.92 Å². The fourth-order valence-electron chi connectivity index (χ4n) is 2.07. The lowest BCUT2D eigenvalue weighted by Crippen LogP contribution is -2.46. The molecule has 0 amide bonds. The van der Waals surface area contributed by atoms with Crippen molar-refractivity contribution in [2.75, 3.05) is 7.11 Å². The average Bonchev–Trinajstić information content (AvgIpc) is 2.45. The molecule has 1 aliphatic heterocycles. The minimum atomic E-state index is -1.21.